The molecule has 0 saturated carbocycles. The zero-order chi connectivity index (χ0) is 13.6. The predicted octanol–water partition coefficient (Wildman–Crippen LogP) is 2.37. The van der Waals surface area contributed by atoms with Gasteiger partial charge in [0.25, 0.3) is 0 Å². The van der Waals surface area contributed by atoms with Crippen molar-refractivity contribution in [1.29, 1.82) is 0 Å². The van der Waals surface area contributed by atoms with E-state index in [2.05, 4.69) is 38.2 Å². The molecule has 0 unspecified atom stereocenters. The molecular weight excluding hydrogens is 226 g/mol. The monoisotopic (exact) mass is 249 g/mol. The van der Waals surface area contributed by atoms with Gasteiger partial charge in [-0.1, -0.05) is 45.0 Å². The Balaban J connectivity index is 2.47. The van der Waals surface area contributed by atoms with Crippen molar-refractivity contribution >= 4 is 5.91 Å². The summed E-state index contributed by atoms with van der Waals surface area (Å²) in [6, 6.07) is 8.31. The van der Waals surface area contributed by atoms with Crippen LogP contribution in [0.3, 0.4) is 0 Å². The molecular formula is C15H23NO2. The van der Waals surface area contributed by atoms with Crippen LogP contribution in [0.4, 0.5) is 0 Å². The normalized spacial score (nSPS) is 11.3. The van der Waals surface area contributed by atoms with Gasteiger partial charge in [0.2, 0.25) is 5.91 Å². The molecule has 0 atom stereocenters. The molecule has 0 radical (unpaired) electrons. The fourth-order valence-corrected chi connectivity index (χ4v) is 1.65. The van der Waals surface area contributed by atoms with E-state index in [0.717, 1.165) is 5.56 Å². The maximum atomic E-state index is 11.4. The third-order valence-electron chi connectivity index (χ3n) is 2.87. The van der Waals surface area contributed by atoms with Crippen LogP contribution in [0.15, 0.2) is 24.3 Å². The topological polar surface area (TPSA) is 49.3 Å². The summed E-state index contributed by atoms with van der Waals surface area (Å²) in [7, 11) is 0. The standard InChI is InChI=1S/C15H23NO2/c1-15(2,3)13-8-6-12(7-9-13)11-16-14(18)5-4-10-17/h6-9,17H,4-5,10-11H2,1-3H3,(H,16,18). The van der Waals surface area contributed by atoms with Gasteiger partial charge in [0, 0.05) is 19.6 Å². The molecule has 18 heavy (non-hydrogen) atoms. The Labute approximate surface area is 109 Å². The van der Waals surface area contributed by atoms with Crippen LogP contribution in [-0.4, -0.2) is 17.6 Å². The smallest absolute Gasteiger partial charge is 0.220 e. The average Bonchev–Trinajstić information content (AvgIpc) is 2.33. The summed E-state index contributed by atoms with van der Waals surface area (Å²) in [5.74, 6) is -0.0102. The lowest BCUT2D eigenvalue weighted by Crippen LogP contribution is -2.22. The molecule has 1 aromatic carbocycles. The average molecular weight is 249 g/mol. The Morgan fingerprint density at radius 3 is 2.33 bits per heavy atom. The number of nitrogens with one attached hydrogen (secondary N) is 1. The van der Waals surface area contributed by atoms with Gasteiger partial charge in [-0.05, 0) is 23.0 Å². The third kappa shape index (κ3) is 4.88. The minimum absolute atomic E-state index is 0.0102. The Morgan fingerprint density at radius 1 is 1.22 bits per heavy atom. The first-order valence-electron chi connectivity index (χ1n) is 6.40. The van der Waals surface area contributed by atoms with Gasteiger partial charge in [-0.25, -0.2) is 0 Å². The van der Waals surface area contributed by atoms with Crippen LogP contribution in [0.2, 0.25) is 0 Å². The first-order chi connectivity index (χ1) is 8.43. The number of carbonyl (C=O) groups is 1. The number of carbonyl (C=O) groups excluding carboxylic acids is 1. The summed E-state index contributed by atoms with van der Waals surface area (Å²) in [5.41, 5.74) is 2.54. The van der Waals surface area contributed by atoms with Crippen molar-refractivity contribution in [3.8, 4) is 0 Å². The molecule has 0 fully saturated rings. The van der Waals surface area contributed by atoms with Gasteiger partial charge in [0.1, 0.15) is 0 Å². The summed E-state index contributed by atoms with van der Waals surface area (Å²) in [5, 5.41) is 11.5. The summed E-state index contributed by atoms with van der Waals surface area (Å²) in [4.78, 5) is 11.4. The Bertz CT molecular complexity index is 376. The lowest BCUT2D eigenvalue weighted by Gasteiger charge is -2.19. The molecule has 2 N–H and O–H groups in total. The molecule has 0 bridgehead atoms. The fraction of sp³-hybridized carbons (Fsp3) is 0.533. The zero-order valence-corrected chi connectivity index (χ0v) is 11.5. The van der Waals surface area contributed by atoms with Crippen LogP contribution in [0.25, 0.3) is 0 Å². The van der Waals surface area contributed by atoms with Crippen LogP contribution < -0.4 is 5.32 Å². The van der Waals surface area contributed by atoms with E-state index in [1.54, 1.807) is 0 Å². The number of aliphatic hydroxyl groups excluding tert-OH is 1. The Morgan fingerprint density at radius 2 is 1.83 bits per heavy atom. The van der Waals surface area contributed by atoms with Crippen molar-refractivity contribution < 1.29 is 9.90 Å². The summed E-state index contributed by atoms with van der Waals surface area (Å²) >= 11 is 0. The van der Waals surface area contributed by atoms with Crippen molar-refractivity contribution in [2.75, 3.05) is 6.61 Å². The van der Waals surface area contributed by atoms with E-state index in [9.17, 15) is 4.79 Å². The van der Waals surface area contributed by atoms with Crippen molar-refractivity contribution in [1.82, 2.24) is 5.32 Å². The maximum Gasteiger partial charge on any atom is 0.220 e. The SMILES string of the molecule is CC(C)(C)c1ccc(CNC(=O)CCCO)cc1. The minimum Gasteiger partial charge on any atom is -0.396 e. The first-order valence-corrected chi connectivity index (χ1v) is 6.40. The highest BCUT2D eigenvalue weighted by molar-refractivity contribution is 5.75. The number of hydrogen-bond acceptors (Lipinski definition) is 2. The molecule has 1 amide bonds. The van der Waals surface area contributed by atoms with Crippen LogP contribution in [0.5, 0.6) is 0 Å². The first kappa shape index (κ1) is 14.7. The van der Waals surface area contributed by atoms with Gasteiger partial charge < -0.3 is 10.4 Å². The van der Waals surface area contributed by atoms with Crippen LogP contribution in [-0.2, 0) is 16.8 Å². The highest BCUT2D eigenvalue weighted by Crippen LogP contribution is 2.22. The van der Waals surface area contributed by atoms with Gasteiger partial charge in [-0.2, -0.15) is 0 Å². The summed E-state index contributed by atoms with van der Waals surface area (Å²) in [6.07, 6.45) is 0.908. The molecule has 100 valence electrons. The van der Waals surface area contributed by atoms with E-state index >= 15 is 0 Å². The fourth-order valence-electron chi connectivity index (χ4n) is 1.65. The third-order valence-corrected chi connectivity index (χ3v) is 2.87. The lowest BCUT2D eigenvalue weighted by molar-refractivity contribution is -0.121. The molecule has 0 aromatic heterocycles. The van der Waals surface area contributed by atoms with Gasteiger partial charge in [0.15, 0.2) is 0 Å². The Kier molecular flexibility index (Phi) is 5.35. The maximum absolute atomic E-state index is 11.4. The molecule has 0 spiro atoms. The molecule has 3 nitrogen and oxygen atoms in total. The second-order valence-corrected chi connectivity index (χ2v) is 5.55. The number of rotatable bonds is 5. The highest BCUT2D eigenvalue weighted by Gasteiger charge is 2.12. The molecule has 1 aromatic rings. The van der Waals surface area contributed by atoms with E-state index in [1.807, 2.05) is 12.1 Å². The number of aliphatic hydroxyl groups is 1. The van der Waals surface area contributed by atoms with Gasteiger partial charge in [-0.3, -0.25) is 4.79 Å². The largest absolute Gasteiger partial charge is 0.396 e. The lowest BCUT2D eigenvalue weighted by atomic mass is 9.87. The van der Waals surface area contributed by atoms with Crippen LogP contribution in [0.1, 0.15) is 44.7 Å². The molecule has 0 aliphatic rings. The Hall–Kier alpha value is -1.35. The van der Waals surface area contributed by atoms with Crippen LogP contribution >= 0.6 is 0 Å². The van der Waals surface area contributed by atoms with Crippen LogP contribution in [0, 0.1) is 0 Å². The molecule has 3 heteroatoms. The van der Waals surface area contributed by atoms with Gasteiger partial charge in [0.05, 0.1) is 0 Å². The van der Waals surface area contributed by atoms with Crippen molar-refractivity contribution in [2.45, 2.75) is 45.6 Å². The van der Waals surface area contributed by atoms with Crippen molar-refractivity contribution in [3.05, 3.63) is 35.4 Å². The van der Waals surface area contributed by atoms with Crippen molar-refractivity contribution in [3.63, 3.8) is 0 Å². The van der Waals surface area contributed by atoms with E-state index in [0.29, 0.717) is 19.4 Å². The number of hydrogen-bond donors (Lipinski definition) is 2. The molecule has 0 saturated heterocycles. The van der Waals surface area contributed by atoms with Gasteiger partial charge >= 0.3 is 0 Å². The van der Waals surface area contributed by atoms with E-state index in [1.165, 1.54) is 5.56 Å². The van der Waals surface area contributed by atoms with Gasteiger partial charge in [-0.15, -0.1) is 0 Å². The summed E-state index contributed by atoms with van der Waals surface area (Å²) < 4.78 is 0. The second kappa shape index (κ2) is 6.55. The minimum atomic E-state index is -0.0102. The molecule has 0 aliphatic carbocycles. The van der Waals surface area contributed by atoms with E-state index < -0.39 is 0 Å². The predicted molar refractivity (Wildman–Crippen MR) is 73.3 cm³/mol. The number of benzene rings is 1. The van der Waals surface area contributed by atoms with E-state index in [4.69, 9.17) is 5.11 Å². The number of amides is 1. The molecule has 0 heterocycles. The molecule has 1 rings (SSSR count). The second-order valence-electron chi connectivity index (χ2n) is 5.55. The molecule has 0 aliphatic heterocycles. The van der Waals surface area contributed by atoms with E-state index in [-0.39, 0.29) is 17.9 Å². The van der Waals surface area contributed by atoms with Crippen molar-refractivity contribution in [2.24, 2.45) is 0 Å². The zero-order valence-electron chi connectivity index (χ0n) is 11.5. The summed E-state index contributed by atoms with van der Waals surface area (Å²) in [6.45, 7) is 7.15. The highest BCUT2D eigenvalue weighted by atomic mass is 16.3. The quantitative estimate of drug-likeness (QED) is 0.841.